The van der Waals surface area contributed by atoms with Gasteiger partial charge in [0.2, 0.25) is 0 Å². The van der Waals surface area contributed by atoms with Gasteiger partial charge in [-0.2, -0.15) is 13.2 Å². The first-order chi connectivity index (χ1) is 19.3. The van der Waals surface area contributed by atoms with Gasteiger partial charge in [0.15, 0.2) is 0 Å². The molecule has 0 aliphatic carbocycles. The number of para-hydroxylation sites is 1. The number of nitrogens with one attached hydrogen (secondary N) is 1. The molecule has 1 fully saturated rings. The van der Waals surface area contributed by atoms with Crippen molar-refractivity contribution in [2.24, 2.45) is 0 Å². The lowest BCUT2D eigenvalue weighted by molar-refractivity contribution is -0.138. The fourth-order valence-corrected chi connectivity index (χ4v) is 5.55. The Balaban J connectivity index is 1.39. The highest BCUT2D eigenvalue weighted by Crippen LogP contribution is 2.45. The number of methoxy groups -OCH3 is 1. The Hall–Kier alpha value is -4.27. The van der Waals surface area contributed by atoms with Crippen LogP contribution in [-0.2, 0) is 28.9 Å². The summed E-state index contributed by atoms with van der Waals surface area (Å²) < 4.78 is 50.6. The molecular formula is C31H29F3N2O4. The number of halogens is 3. The lowest BCUT2D eigenvalue weighted by atomic mass is 9.88. The average Bonchev–Trinajstić information content (AvgIpc) is 3.28. The van der Waals surface area contributed by atoms with Gasteiger partial charge in [-0.15, -0.1) is 0 Å². The third-order valence-electron chi connectivity index (χ3n) is 7.39. The Labute approximate surface area is 230 Å². The molecule has 208 valence electrons. The molecule has 2 amide bonds. The van der Waals surface area contributed by atoms with Crippen LogP contribution in [-0.4, -0.2) is 36.1 Å². The number of fused-ring (bicyclic) bond motifs is 2. The van der Waals surface area contributed by atoms with E-state index in [2.05, 4.69) is 5.32 Å². The summed E-state index contributed by atoms with van der Waals surface area (Å²) in [5, 5.41) is 2.75. The second kappa shape index (κ2) is 11.5. The average molecular weight is 551 g/mol. The van der Waals surface area contributed by atoms with E-state index in [0.717, 1.165) is 28.8 Å². The summed E-state index contributed by atoms with van der Waals surface area (Å²) in [6, 6.07) is 21.0. The molecule has 3 aromatic carbocycles. The van der Waals surface area contributed by atoms with Crippen LogP contribution >= 0.6 is 0 Å². The molecule has 1 saturated heterocycles. The van der Waals surface area contributed by atoms with Crippen LogP contribution in [0.1, 0.15) is 41.5 Å². The highest BCUT2D eigenvalue weighted by molar-refractivity contribution is 6.01. The van der Waals surface area contributed by atoms with Crippen molar-refractivity contribution < 1.29 is 32.2 Å². The molecule has 6 nitrogen and oxygen atoms in total. The van der Waals surface area contributed by atoms with Crippen molar-refractivity contribution >= 4 is 17.6 Å². The van der Waals surface area contributed by atoms with Gasteiger partial charge in [-0.1, -0.05) is 60.7 Å². The summed E-state index contributed by atoms with van der Waals surface area (Å²) in [7, 11) is 1.31. The van der Waals surface area contributed by atoms with Crippen LogP contribution in [0.2, 0.25) is 0 Å². The molecule has 5 rings (SSSR count). The normalized spacial score (nSPS) is 18.4. The van der Waals surface area contributed by atoms with E-state index in [-0.39, 0.29) is 12.6 Å². The fourth-order valence-electron chi connectivity index (χ4n) is 5.55. The SMILES string of the molecule is COC(=O)C1=C(c2ccccc2OCc2ccccc2)C[C@@H]2CC[C@H]1N2C(=O)NCc1cccc(C(F)(F)F)c1. The number of amides is 2. The fraction of sp³-hybridized carbons (Fsp3) is 0.290. The van der Waals surface area contributed by atoms with Crippen LogP contribution < -0.4 is 10.1 Å². The monoisotopic (exact) mass is 550 g/mol. The van der Waals surface area contributed by atoms with Crippen LogP contribution in [0.3, 0.4) is 0 Å². The molecular weight excluding hydrogens is 521 g/mol. The van der Waals surface area contributed by atoms with Crippen molar-refractivity contribution in [3.63, 3.8) is 0 Å². The van der Waals surface area contributed by atoms with E-state index >= 15 is 0 Å². The lowest BCUT2D eigenvalue weighted by Crippen LogP contribution is -2.50. The van der Waals surface area contributed by atoms with Gasteiger partial charge in [-0.3, -0.25) is 0 Å². The van der Waals surface area contributed by atoms with Crippen molar-refractivity contribution in [2.75, 3.05) is 7.11 Å². The predicted molar refractivity (Wildman–Crippen MR) is 143 cm³/mol. The minimum Gasteiger partial charge on any atom is -0.488 e. The highest BCUT2D eigenvalue weighted by Gasteiger charge is 2.47. The zero-order valence-corrected chi connectivity index (χ0v) is 21.9. The maximum atomic E-state index is 13.3. The number of alkyl halides is 3. The maximum absolute atomic E-state index is 13.3. The molecule has 3 aromatic rings. The van der Waals surface area contributed by atoms with Crippen molar-refractivity contribution in [2.45, 2.75) is 50.7 Å². The Kier molecular flexibility index (Phi) is 7.82. The first-order valence-corrected chi connectivity index (χ1v) is 13.1. The number of esters is 1. The summed E-state index contributed by atoms with van der Waals surface area (Å²) in [6.07, 6.45) is -2.80. The van der Waals surface area contributed by atoms with Crippen LogP contribution in [0, 0.1) is 0 Å². The number of carbonyl (C=O) groups excluding carboxylic acids is 2. The molecule has 0 saturated carbocycles. The van der Waals surface area contributed by atoms with Gasteiger partial charge >= 0.3 is 18.2 Å². The maximum Gasteiger partial charge on any atom is 0.416 e. The molecule has 0 unspecified atom stereocenters. The molecule has 2 heterocycles. The number of carbonyl (C=O) groups is 2. The van der Waals surface area contributed by atoms with Gasteiger partial charge in [-0.25, -0.2) is 9.59 Å². The molecule has 40 heavy (non-hydrogen) atoms. The minimum absolute atomic E-state index is 0.0705. The van der Waals surface area contributed by atoms with Crippen molar-refractivity contribution in [3.8, 4) is 5.75 Å². The van der Waals surface area contributed by atoms with E-state index in [1.54, 1.807) is 4.90 Å². The topological polar surface area (TPSA) is 67.9 Å². The first-order valence-electron chi connectivity index (χ1n) is 13.1. The standard InChI is InChI=1S/C31H29F3N2O4/c1-39-29(37)28-25(24-12-5-6-13-27(24)40-19-20-8-3-2-4-9-20)17-23-14-15-26(28)36(23)30(38)35-18-21-10-7-11-22(16-21)31(32,33)34/h2-13,16,23,26H,14-15,17-19H2,1H3,(H,35,38)/t23-,26+/m0/s1. The second-order valence-electron chi connectivity index (χ2n) is 9.87. The smallest absolute Gasteiger partial charge is 0.416 e. The number of ether oxygens (including phenoxy) is 2. The van der Waals surface area contributed by atoms with E-state index in [1.165, 1.54) is 19.2 Å². The molecule has 1 N–H and O–H groups in total. The largest absolute Gasteiger partial charge is 0.488 e. The third kappa shape index (κ3) is 5.68. The van der Waals surface area contributed by atoms with E-state index in [4.69, 9.17) is 9.47 Å². The number of urea groups is 1. The molecule has 0 aromatic heterocycles. The van der Waals surface area contributed by atoms with Crippen LogP contribution in [0.25, 0.3) is 5.57 Å². The second-order valence-corrected chi connectivity index (χ2v) is 9.87. The third-order valence-corrected chi connectivity index (χ3v) is 7.39. The number of nitrogens with zero attached hydrogens (tertiary/aromatic N) is 1. The Morgan fingerprint density at radius 2 is 1.68 bits per heavy atom. The van der Waals surface area contributed by atoms with E-state index in [0.29, 0.717) is 42.8 Å². The number of benzene rings is 3. The minimum atomic E-state index is -4.47. The molecule has 0 spiro atoms. The van der Waals surface area contributed by atoms with Crippen LogP contribution in [0.5, 0.6) is 5.75 Å². The Bertz CT molecular complexity index is 1420. The summed E-state index contributed by atoms with van der Waals surface area (Å²) in [5.74, 6) is 0.110. The van der Waals surface area contributed by atoms with Crippen LogP contribution in [0.4, 0.5) is 18.0 Å². The van der Waals surface area contributed by atoms with Gasteiger partial charge in [0, 0.05) is 18.2 Å². The Morgan fingerprint density at radius 1 is 0.950 bits per heavy atom. The summed E-state index contributed by atoms with van der Waals surface area (Å²) >= 11 is 0. The summed E-state index contributed by atoms with van der Waals surface area (Å²) in [6.45, 7) is 0.286. The van der Waals surface area contributed by atoms with Crippen molar-refractivity contribution in [3.05, 3.63) is 107 Å². The van der Waals surface area contributed by atoms with Crippen LogP contribution in [0.15, 0.2) is 84.4 Å². The molecule has 0 radical (unpaired) electrons. The molecule has 2 aliphatic heterocycles. The van der Waals surface area contributed by atoms with E-state index in [9.17, 15) is 22.8 Å². The van der Waals surface area contributed by atoms with Gasteiger partial charge < -0.3 is 19.7 Å². The molecule has 2 aliphatic rings. The zero-order chi connectivity index (χ0) is 28.3. The number of hydrogen-bond donors (Lipinski definition) is 1. The number of hydrogen-bond acceptors (Lipinski definition) is 4. The zero-order valence-electron chi connectivity index (χ0n) is 21.9. The molecule has 9 heteroatoms. The first kappa shape index (κ1) is 27.3. The highest BCUT2D eigenvalue weighted by atomic mass is 19.4. The van der Waals surface area contributed by atoms with Gasteiger partial charge in [-0.05, 0) is 54.2 Å². The lowest BCUT2D eigenvalue weighted by Gasteiger charge is -2.37. The Morgan fingerprint density at radius 3 is 2.42 bits per heavy atom. The van der Waals surface area contributed by atoms with Gasteiger partial charge in [0.25, 0.3) is 0 Å². The summed E-state index contributed by atoms with van der Waals surface area (Å²) in [5.41, 5.74) is 2.53. The number of rotatable bonds is 7. The van der Waals surface area contributed by atoms with E-state index < -0.39 is 29.8 Å². The quantitative estimate of drug-likeness (QED) is 0.348. The molecule has 2 atom stereocenters. The summed E-state index contributed by atoms with van der Waals surface area (Å²) in [4.78, 5) is 28.1. The predicted octanol–water partition coefficient (Wildman–Crippen LogP) is 6.36. The van der Waals surface area contributed by atoms with Crippen molar-refractivity contribution in [1.82, 2.24) is 10.2 Å². The molecule has 2 bridgehead atoms. The van der Waals surface area contributed by atoms with Gasteiger partial charge in [0.1, 0.15) is 12.4 Å². The van der Waals surface area contributed by atoms with Gasteiger partial charge in [0.05, 0.1) is 24.3 Å². The van der Waals surface area contributed by atoms with E-state index in [1.807, 2.05) is 54.6 Å². The van der Waals surface area contributed by atoms with Crippen molar-refractivity contribution in [1.29, 1.82) is 0 Å².